The van der Waals surface area contributed by atoms with E-state index in [0.29, 0.717) is 42.7 Å². The SMILES string of the molecule is CCC(C)c1ccc(S(=O)(=O)N2CCN(C(=O)c3ccc[nH]3)CC2)cc1. The second-order valence-electron chi connectivity index (χ2n) is 6.66. The average molecular weight is 375 g/mol. The Hall–Kier alpha value is -2.12. The maximum absolute atomic E-state index is 12.9. The van der Waals surface area contributed by atoms with E-state index in [9.17, 15) is 13.2 Å². The number of rotatable bonds is 5. The Morgan fingerprint density at radius 3 is 2.31 bits per heavy atom. The third kappa shape index (κ3) is 3.68. The summed E-state index contributed by atoms with van der Waals surface area (Å²) in [5.41, 5.74) is 1.68. The summed E-state index contributed by atoms with van der Waals surface area (Å²) in [7, 11) is -3.53. The van der Waals surface area contributed by atoms with E-state index in [1.165, 1.54) is 4.31 Å². The highest BCUT2D eigenvalue weighted by Crippen LogP contribution is 2.23. The molecule has 1 N–H and O–H groups in total. The molecule has 1 aromatic heterocycles. The number of carbonyl (C=O) groups is 1. The molecule has 2 heterocycles. The number of carbonyl (C=O) groups excluding carboxylic acids is 1. The molecule has 6 nitrogen and oxygen atoms in total. The van der Waals surface area contributed by atoms with Crippen LogP contribution in [0.1, 0.15) is 42.2 Å². The molecule has 1 amide bonds. The maximum Gasteiger partial charge on any atom is 0.270 e. The fourth-order valence-corrected chi connectivity index (χ4v) is 4.54. The summed E-state index contributed by atoms with van der Waals surface area (Å²) in [5, 5.41) is 0. The van der Waals surface area contributed by atoms with Gasteiger partial charge in [0.1, 0.15) is 5.69 Å². The highest BCUT2D eigenvalue weighted by Gasteiger charge is 2.30. The number of aromatic nitrogens is 1. The van der Waals surface area contributed by atoms with Gasteiger partial charge in [0.25, 0.3) is 5.91 Å². The van der Waals surface area contributed by atoms with E-state index in [-0.39, 0.29) is 5.91 Å². The van der Waals surface area contributed by atoms with Gasteiger partial charge in [-0.25, -0.2) is 8.42 Å². The summed E-state index contributed by atoms with van der Waals surface area (Å²) >= 11 is 0. The van der Waals surface area contributed by atoms with Crippen molar-refractivity contribution < 1.29 is 13.2 Å². The van der Waals surface area contributed by atoms with Crippen molar-refractivity contribution in [2.75, 3.05) is 26.2 Å². The molecule has 1 aliphatic heterocycles. The van der Waals surface area contributed by atoms with Gasteiger partial charge in [-0.15, -0.1) is 0 Å². The molecule has 0 aliphatic carbocycles. The van der Waals surface area contributed by atoms with Crippen LogP contribution >= 0.6 is 0 Å². The lowest BCUT2D eigenvalue weighted by atomic mass is 9.99. The lowest BCUT2D eigenvalue weighted by Gasteiger charge is -2.33. The van der Waals surface area contributed by atoms with Crippen LogP contribution in [-0.2, 0) is 10.0 Å². The van der Waals surface area contributed by atoms with Crippen LogP contribution in [0.5, 0.6) is 0 Å². The Kier molecular flexibility index (Phi) is 5.48. The second kappa shape index (κ2) is 7.63. The molecule has 1 fully saturated rings. The van der Waals surface area contributed by atoms with Crippen molar-refractivity contribution in [3.8, 4) is 0 Å². The van der Waals surface area contributed by atoms with Crippen molar-refractivity contribution in [2.45, 2.75) is 31.1 Å². The van der Waals surface area contributed by atoms with Crippen molar-refractivity contribution in [3.63, 3.8) is 0 Å². The van der Waals surface area contributed by atoms with Gasteiger partial charge in [-0.2, -0.15) is 4.31 Å². The van der Waals surface area contributed by atoms with Crippen LogP contribution < -0.4 is 0 Å². The van der Waals surface area contributed by atoms with Crippen molar-refractivity contribution in [1.29, 1.82) is 0 Å². The van der Waals surface area contributed by atoms with Gasteiger partial charge in [0, 0.05) is 32.4 Å². The number of benzene rings is 1. The standard InChI is InChI=1S/C19H25N3O3S/c1-3-15(2)16-6-8-17(9-7-16)26(24,25)22-13-11-21(12-14-22)19(23)18-5-4-10-20-18/h4-10,15,20H,3,11-14H2,1-2H3. The van der Waals surface area contributed by atoms with Gasteiger partial charge < -0.3 is 9.88 Å². The number of H-pyrrole nitrogens is 1. The first kappa shape index (κ1) is 18.7. The van der Waals surface area contributed by atoms with Crippen molar-refractivity contribution in [2.24, 2.45) is 0 Å². The molecule has 1 saturated heterocycles. The van der Waals surface area contributed by atoms with E-state index in [0.717, 1.165) is 12.0 Å². The third-order valence-corrected chi connectivity index (χ3v) is 6.97. The molecule has 1 atom stereocenters. The minimum atomic E-state index is -3.53. The minimum Gasteiger partial charge on any atom is -0.357 e. The Morgan fingerprint density at radius 2 is 1.77 bits per heavy atom. The van der Waals surface area contributed by atoms with Crippen molar-refractivity contribution in [3.05, 3.63) is 53.9 Å². The predicted molar refractivity (Wildman–Crippen MR) is 101 cm³/mol. The van der Waals surface area contributed by atoms with Crippen molar-refractivity contribution in [1.82, 2.24) is 14.2 Å². The molecule has 7 heteroatoms. The van der Waals surface area contributed by atoms with Crippen LogP contribution in [0.4, 0.5) is 0 Å². The molecule has 0 radical (unpaired) electrons. The number of nitrogens with zero attached hydrogens (tertiary/aromatic N) is 2. The number of hydrogen-bond acceptors (Lipinski definition) is 3. The maximum atomic E-state index is 12.9. The average Bonchev–Trinajstić information content (AvgIpc) is 3.21. The lowest BCUT2D eigenvalue weighted by Crippen LogP contribution is -2.50. The van der Waals surface area contributed by atoms with Crippen LogP contribution in [0.2, 0.25) is 0 Å². The fourth-order valence-electron chi connectivity index (χ4n) is 3.12. The zero-order valence-electron chi connectivity index (χ0n) is 15.2. The van der Waals surface area contributed by atoms with Gasteiger partial charge in [-0.1, -0.05) is 26.0 Å². The minimum absolute atomic E-state index is 0.0926. The highest BCUT2D eigenvalue weighted by molar-refractivity contribution is 7.89. The zero-order valence-corrected chi connectivity index (χ0v) is 16.0. The summed E-state index contributed by atoms with van der Waals surface area (Å²) in [6.07, 6.45) is 2.72. The normalized spacial score (nSPS) is 17.2. The van der Waals surface area contributed by atoms with Gasteiger partial charge in [-0.05, 0) is 42.2 Å². The molecule has 0 saturated carbocycles. The molecule has 26 heavy (non-hydrogen) atoms. The Labute approximate surface area is 154 Å². The van der Waals surface area contributed by atoms with Crippen LogP contribution in [-0.4, -0.2) is 54.7 Å². The molecule has 1 unspecified atom stereocenters. The smallest absolute Gasteiger partial charge is 0.270 e. The molecule has 0 bridgehead atoms. The van der Waals surface area contributed by atoms with Crippen LogP contribution in [0.25, 0.3) is 0 Å². The first-order chi connectivity index (χ1) is 12.4. The largest absolute Gasteiger partial charge is 0.357 e. The van der Waals surface area contributed by atoms with Gasteiger partial charge in [0.05, 0.1) is 4.90 Å². The number of piperazine rings is 1. The summed E-state index contributed by atoms with van der Waals surface area (Å²) < 4.78 is 27.2. The Bertz CT molecular complexity index is 837. The van der Waals surface area contributed by atoms with E-state index in [2.05, 4.69) is 18.8 Å². The van der Waals surface area contributed by atoms with E-state index in [4.69, 9.17) is 0 Å². The first-order valence-electron chi connectivity index (χ1n) is 8.96. The number of amides is 1. The molecular weight excluding hydrogens is 350 g/mol. The molecule has 3 rings (SSSR count). The van der Waals surface area contributed by atoms with Crippen LogP contribution in [0.3, 0.4) is 0 Å². The summed E-state index contributed by atoms with van der Waals surface area (Å²) in [6, 6.07) is 10.7. The van der Waals surface area contributed by atoms with E-state index >= 15 is 0 Å². The van der Waals surface area contributed by atoms with Crippen molar-refractivity contribution >= 4 is 15.9 Å². The number of sulfonamides is 1. The Balaban J connectivity index is 1.67. The van der Waals surface area contributed by atoms with Crippen LogP contribution in [0.15, 0.2) is 47.5 Å². The number of hydrogen-bond donors (Lipinski definition) is 1. The molecule has 1 aliphatic rings. The zero-order chi connectivity index (χ0) is 18.7. The quantitative estimate of drug-likeness (QED) is 0.873. The molecule has 2 aromatic rings. The Morgan fingerprint density at radius 1 is 1.12 bits per heavy atom. The van der Waals surface area contributed by atoms with Crippen LogP contribution in [0, 0.1) is 0 Å². The first-order valence-corrected chi connectivity index (χ1v) is 10.4. The van der Waals surface area contributed by atoms with E-state index < -0.39 is 10.0 Å². The summed E-state index contributed by atoms with van der Waals surface area (Å²) in [5.74, 6) is 0.319. The second-order valence-corrected chi connectivity index (χ2v) is 8.60. The van der Waals surface area contributed by atoms with Gasteiger partial charge in [0.2, 0.25) is 10.0 Å². The topological polar surface area (TPSA) is 73.5 Å². The number of aromatic amines is 1. The van der Waals surface area contributed by atoms with E-state index in [1.54, 1.807) is 35.4 Å². The molecular formula is C19H25N3O3S. The summed E-state index contributed by atoms with van der Waals surface area (Å²) in [6.45, 7) is 5.64. The molecule has 0 spiro atoms. The summed E-state index contributed by atoms with van der Waals surface area (Å²) in [4.78, 5) is 17.2. The van der Waals surface area contributed by atoms with Gasteiger partial charge >= 0.3 is 0 Å². The monoisotopic (exact) mass is 375 g/mol. The fraction of sp³-hybridized carbons (Fsp3) is 0.421. The molecule has 1 aromatic carbocycles. The predicted octanol–water partition coefficient (Wildman–Crippen LogP) is 2.67. The highest BCUT2D eigenvalue weighted by atomic mass is 32.2. The third-order valence-electron chi connectivity index (χ3n) is 5.05. The molecule has 140 valence electrons. The van der Waals surface area contributed by atoms with Gasteiger partial charge in [0.15, 0.2) is 0 Å². The number of nitrogens with one attached hydrogen (secondary N) is 1. The van der Waals surface area contributed by atoms with E-state index in [1.807, 2.05) is 12.1 Å². The lowest BCUT2D eigenvalue weighted by molar-refractivity contribution is 0.0692. The van der Waals surface area contributed by atoms with Gasteiger partial charge in [-0.3, -0.25) is 4.79 Å².